The predicted molar refractivity (Wildman–Crippen MR) is 123 cm³/mol. The topological polar surface area (TPSA) is 108 Å². The number of amides is 1. The summed E-state index contributed by atoms with van der Waals surface area (Å²) < 4.78 is 21.9. The summed E-state index contributed by atoms with van der Waals surface area (Å²) in [5.41, 5.74) is 2.84. The third-order valence-corrected chi connectivity index (χ3v) is 5.15. The average Bonchev–Trinajstić information content (AvgIpc) is 3.28. The van der Waals surface area contributed by atoms with E-state index in [4.69, 9.17) is 4.74 Å². The number of carbonyl (C=O) groups is 1. The molecule has 0 saturated carbocycles. The maximum atomic E-state index is 14.8. The number of hydrogen-bond acceptors (Lipinski definition) is 7. The summed E-state index contributed by atoms with van der Waals surface area (Å²) in [7, 11) is 0. The van der Waals surface area contributed by atoms with E-state index in [1.165, 1.54) is 6.07 Å². The number of nitrogens with zero attached hydrogens (tertiary/aromatic N) is 6. The van der Waals surface area contributed by atoms with Crippen LogP contribution in [-0.4, -0.2) is 36.3 Å². The van der Waals surface area contributed by atoms with Crippen molar-refractivity contribution in [1.29, 1.82) is 0 Å². The van der Waals surface area contributed by atoms with Gasteiger partial charge in [0.2, 0.25) is 0 Å². The first-order valence-electron chi connectivity index (χ1n) is 10.9. The van der Waals surface area contributed by atoms with Gasteiger partial charge in [-0.25, -0.2) is 9.18 Å². The van der Waals surface area contributed by atoms with Crippen molar-refractivity contribution in [3.8, 4) is 22.6 Å². The van der Waals surface area contributed by atoms with Crippen molar-refractivity contribution >= 4 is 6.09 Å². The molecule has 0 radical (unpaired) electrons. The molecule has 0 fully saturated rings. The molecule has 1 unspecified atom stereocenters. The first-order chi connectivity index (χ1) is 16.4. The lowest BCUT2D eigenvalue weighted by Gasteiger charge is -2.15. The van der Waals surface area contributed by atoms with Crippen molar-refractivity contribution < 1.29 is 13.9 Å². The van der Waals surface area contributed by atoms with E-state index in [0.717, 1.165) is 12.0 Å². The number of tetrazole rings is 1. The number of benzene rings is 2. The lowest BCUT2D eigenvalue weighted by atomic mass is 10.0. The van der Waals surface area contributed by atoms with Crippen LogP contribution >= 0.6 is 0 Å². The fourth-order valence-electron chi connectivity index (χ4n) is 3.48. The van der Waals surface area contributed by atoms with E-state index in [0.29, 0.717) is 34.8 Å². The van der Waals surface area contributed by atoms with Gasteiger partial charge in [-0.05, 0) is 60.0 Å². The van der Waals surface area contributed by atoms with Crippen molar-refractivity contribution in [3.05, 3.63) is 77.9 Å². The van der Waals surface area contributed by atoms with Crippen molar-refractivity contribution in [1.82, 2.24) is 35.5 Å². The quantitative estimate of drug-likeness (QED) is 0.435. The molecule has 10 heteroatoms. The molecule has 174 valence electrons. The number of nitrogens with one attached hydrogen (secondary N) is 1. The van der Waals surface area contributed by atoms with Crippen LogP contribution in [0.3, 0.4) is 0 Å². The van der Waals surface area contributed by atoms with Gasteiger partial charge >= 0.3 is 6.09 Å². The maximum absolute atomic E-state index is 14.8. The number of ether oxygens (including phenoxy) is 1. The van der Waals surface area contributed by atoms with E-state index >= 15 is 0 Å². The highest BCUT2D eigenvalue weighted by molar-refractivity contribution is 5.74. The summed E-state index contributed by atoms with van der Waals surface area (Å²) in [5, 5.41) is 14.6. The van der Waals surface area contributed by atoms with Crippen molar-refractivity contribution in [2.24, 2.45) is 0 Å². The van der Waals surface area contributed by atoms with Crippen LogP contribution in [0.1, 0.15) is 43.4 Å². The summed E-state index contributed by atoms with van der Waals surface area (Å²) in [6.45, 7) is 5.61. The Morgan fingerprint density at radius 2 is 2.06 bits per heavy atom. The summed E-state index contributed by atoms with van der Waals surface area (Å²) >= 11 is 0. The van der Waals surface area contributed by atoms with Crippen LogP contribution in [0, 0.1) is 12.7 Å². The Labute approximate surface area is 196 Å². The summed E-state index contributed by atoms with van der Waals surface area (Å²) in [4.78, 5) is 20.8. The van der Waals surface area contributed by atoms with Crippen LogP contribution in [0.25, 0.3) is 16.8 Å². The molecule has 1 amide bonds. The molecule has 1 atom stereocenters. The van der Waals surface area contributed by atoms with Crippen LogP contribution in [0.4, 0.5) is 9.18 Å². The molecule has 9 nitrogen and oxygen atoms in total. The minimum atomic E-state index is -0.684. The monoisotopic (exact) mass is 461 g/mol. The molecule has 4 aromatic rings. The number of carbonyl (C=O) groups excluding carboxylic acids is 1. The Kier molecular flexibility index (Phi) is 6.86. The molecule has 4 rings (SSSR count). The molecule has 34 heavy (non-hydrogen) atoms. The fourth-order valence-corrected chi connectivity index (χ4v) is 3.48. The van der Waals surface area contributed by atoms with Crippen molar-refractivity contribution in [2.75, 3.05) is 0 Å². The predicted octanol–water partition coefficient (Wildman–Crippen LogP) is 4.37. The number of hydrogen-bond donors (Lipinski definition) is 1. The zero-order valence-electron chi connectivity index (χ0n) is 19.1. The van der Waals surface area contributed by atoms with E-state index in [2.05, 4.69) is 30.8 Å². The van der Waals surface area contributed by atoms with Gasteiger partial charge in [-0.15, -0.1) is 5.10 Å². The first kappa shape index (κ1) is 23.0. The van der Waals surface area contributed by atoms with Gasteiger partial charge in [0.25, 0.3) is 0 Å². The highest BCUT2D eigenvalue weighted by Crippen LogP contribution is 2.30. The number of aryl methyl sites for hydroxylation is 2. The largest absolute Gasteiger partial charge is 0.413 e. The second kappa shape index (κ2) is 10.2. The van der Waals surface area contributed by atoms with E-state index in [-0.39, 0.29) is 11.6 Å². The van der Waals surface area contributed by atoms with Gasteiger partial charge in [-0.2, -0.15) is 4.68 Å². The molecular formula is C24H24FN7O2. The van der Waals surface area contributed by atoms with Gasteiger partial charge in [0.05, 0.1) is 23.6 Å². The summed E-state index contributed by atoms with van der Waals surface area (Å²) in [6.07, 6.45) is 5.48. The van der Waals surface area contributed by atoms with Crippen molar-refractivity contribution in [2.45, 2.75) is 39.7 Å². The smallest absolute Gasteiger partial charge is 0.410 e. The third-order valence-electron chi connectivity index (χ3n) is 5.15. The van der Waals surface area contributed by atoms with Crippen LogP contribution in [0.2, 0.25) is 0 Å². The van der Waals surface area contributed by atoms with E-state index in [1.807, 2.05) is 19.9 Å². The molecule has 0 aliphatic rings. The van der Waals surface area contributed by atoms with Gasteiger partial charge in [-0.3, -0.25) is 9.97 Å². The zero-order chi connectivity index (χ0) is 24.1. The van der Waals surface area contributed by atoms with Gasteiger partial charge < -0.3 is 10.1 Å². The van der Waals surface area contributed by atoms with Crippen molar-refractivity contribution in [3.63, 3.8) is 0 Å². The van der Waals surface area contributed by atoms with E-state index in [1.54, 1.807) is 54.5 Å². The van der Waals surface area contributed by atoms with E-state index in [9.17, 15) is 9.18 Å². The Morgan fingerprint density at radius 1 is 1.21 bits per heavy atom. The van der Waals surface area contributed by atoms with E-state index < -0.39 is 12.1 Å². The Balaban J connectivity index is 1.68. The molecule has 0 aliphatic heterocycles. The Bertz CT molecular complexity index is 1290. The summed E-state index contributed by atoms with van der Waals surface area (Å²) in [5.74, 6) is 0.485. The lowest BCUT2D eigenvalue weighted by molar-refractivity contribution is 0.196. The van der Waals surface area contributed by atoms with Gasteiger partial charge in [-0.1, -0.05) is 19.1 Å². The third kappa shape index (κ3) is 5.22. The normalized spacial score (nSPS) is 11.8. The van der Waals surface area contributed by atoms with Gasteiger partial charge in [0.15, 0.2) is 5.82 Å². The number of aromatic nitrogens is 6. The van der Waals surface area contributed by atoms with Gasteiger partial charge in [0.1, 0.15) is 11.6 Å². The second-order valence-corrected chi connectivity index (χ2v) is 7.84. The number of rotatable bonds is 7. The standard InChI is InChI=1S/C24H24FN7O2/c1-4-5-23-29-30-31-32(23)18-11-17(20-7-6-15(2)10-21(20)25)12-19(13-18)34-24(33)28-16(3)22-14-26-8-9-27-22/h6-14,16H,4-5H2,1-3H3,(H,28,33). The molecule has 1 N–H and O–H groups in total. The van der Waals surface area contributed by atoms with Crippen LogP contribution in [-0.2, 0) is 6.42 Å². The highest BCUT2D eigenvalue weighted by Gasteiger charge is 2.17. The lowest BCUT2D eigenvalue weighted by Crippen LogP contribution is -2.30. The zero-order valence-corrected chi connectivity index (χ0v) is 19.1. The number of halogens is 1. The molecule has 0 spiro atoms. The molecule has 2 aromatic carbocycles. The van der Waals surface area contributed by atoms with Crippen LogP contribution in [0.5, 0.6) is 5.75 Å². The first-order valence-corrected chi connectivity index (χ1v) is 10.9. The highest BCUT2D eigenvalue weighted by atomic mass is 19.1. The van der Waals surface area contributed by atoms with Gasteiger partial charge in [0, 0.05) is 30.4 Å². The molecule has 0 aliphatic carbocycles. The minimum absolute atomic E-state index is 0.217. The molecular weight excluding hydrogens is 437 g/mol. The van der Waals surface area contributed by atoms with Crippen LogP contribution in [0.15, 0.2) is 55.0 Å². The Hall–Kier alpha value is -4.21. The fraction of sp³-hybridized carbons (Fsp3) is 0.250. The summed E-state index contributed by atoms with van der Waals surface area (Å²) in [6, 6.07) is 9.55. The molecule has 2 aromatic heterocycles. The molecule has 0 saturated heterocycles. The minimum Gasteiger partial charge on any atom is -0.410 e. The molecule has 0 bridgehead atoms. The Morgan fingerprint density at radius 3 is 2.79 bits per heavy atom. The average molecular weight is 462 g/mol. The SMILES string of the molecule is CCCc1nnnn1-c1cc(OC(=O)NC(C)c2cnccn2)cc(-c2ccc(C)cc2F)c1. The molecule has 2 heterocycles. The second-order valence-electron chi connectivity index (χ2n) is 7.84. The van der Waals surface area contributed by atoms with Crippen LogP contribution < -0.4 is 10.1 Å². The maximum Gasteiger partial charge on any atom is 0.413 e.